The summed E-state index contributed by atoms with van der Waals surface area (Å²) < 4.78 is 6.64. The SMILES string of the molecule is COC(=O)n1c(CN2CCCCC2)cc2ccccc21. The van der Waals surface area contributed by atoms with Gasteiger partial charge in [0, 0.05) is 17.6 Å². The monoisotopic (exact) mass is 272 g/mol. The van der Waals surface area contributed by atoms with E-state index in [9.17, 15) is 4.79 Å². The van der Waals surface area contributed by atoms with Gasteiger partial charge in [0.25, 0.3) is 0 Å². The number of nitrogens with zero attached hydrogens (tertiary/aromatic N) is 2. The summed E-state index contributed by atoms with van der Waals surface area (Å²) in [7, 11) is 1.43. The maximum atomic E-state index is 12.1. The lowest BCUT2D eigenvalue weighted by molar-refractivity contribution is 0.170. The van der Waals surface area contributed by atoms with Gasteiger partial charge in [0.05, 0.1) is 12.6 Å². The molecular weight excluding hydrogens is 252 g/mol. The van der Waals surface area contributed by atoms with Crippen molar-refractivity contribution in [1.82, 2.24) is 9.47 Å². The van der Waals surface area contributed by atoms with E-state index in [1.165, 1.54) is 26.4 Å². The van der Waals surface area contributed by atoms with Crippen LogP contribution in [0.5, 0.6) is 0 Å². The maximum absolute atomic E-state index is 12.1. The second-order valence-electron chi connectivity index (χ2n) is 5.34. The summed E-state index contributed by atoms with van der Waals surface area (Å²) >= 11 is 0. The Kier molecular flexibility index (Phi) is 3.74. The van der Waals surface area contributed by atoms with Gasteiger partial charge in [0.2, 0.25) is 0 Å². The fraction of sp³-hybridized carbons (Fsp3) is 0.438. The molecule has 4 heteroatoms. The number of likely N-dealkylation sites (tertiary alicyclic amines) is 1. The summed E-state index contributed by atoms with van der Waals surface area (Å²) in [6, 6.07) is 10.0. The molecule has 1 aliphatic rings. The van der Waals surface area contributed by atoms with Crippen LogP contribution in [0.3, 0.4) is 0 Å². The van der Waals surface area contributed by atoms with Gasteiger partial charge in [-0.15, -0.1) is 0 Å². The predicted octanol–water partition coefficient (Wildman–Crippen LogP) is 3.24. The largest absolute Gasteiger partial charge is 0.452 e. The molecule has 4 nitrogen and oxygen atoms in total. The first-order valence-corrected chi connectivity index (χ1v) is 7.19. The first kappa shape index (κ1) is 13.2. The molecule has 1 aromatic heterocycles. The third-order valence-electron chi connectivity index (χ3n) is 3.98. The highest BCUT2D eigenvalue weighted by atomic mass is 16.5. The number of hydrogen-bond donors (Lipinski definition) is 0. The fourth-order valence-corrected chi connectivity index (χ4v) is 2.98. The van der Waals surface area contributed by atoms with Crippen molar-refractivity contribution >= 4 is 17.0 Å². The van der Waals surface area contributed by atoms with E-state index >= 15 is 0 Å². The van der Waals surface area contributed by atoms with Crippen LogP contribution in [0.2, 0.25) is 0 Å². The number of ether oxygens (including phenoxy) is 1. The number of carbonyl (C=O) groups excluding carboxylic acids is 1. The Morgan fingerprint density at radius 3 is 2.70 bits per heavy atom. The van der Waals surface area contributed by atoms with Crippen LogP contribution in [0.15, 0.2) is 30.3 Å². The first-order valence-electron chi connectivity index (χ1n) is 7.19. The summed E-state index contributed by atoms with van der Waals surface area (Å²) in [6.07, 6.45) is 3.51. The molecular formula is C16H20N2O2. The van der Waals surface area contributed by atoms with Gasteiger partial charge in [0.15, 0.2) is 0 Å². The van der Waals surface area contributed by atoms with E-state index in [1.807, 2.05) is 24.3 Å². The Morgan fingerprint density at radius 2 is 1.95 bits per heavy atom. The van der Waals surface area contributed by atoms with Crippen LogP contribution in [0.1, 0.15) is 25.0 Å². The number of carbonyl (C=O) groups is 1. The van der Waals surface area contributed by atoms with Crippen LogP contribution >= 0.6 is 0 Å². The highest BCUT2D eigenvalue weighted by Crippen LogP contribution is 2.22. The standard InChI is InChI=1S/C16H20N2O2/c1-20-16(19)18-14(12-17-9-5-2-6-10-17)11-13-7-3-4-8-15(13)18/h3-4,7-8,11H,2,5-6,9-10,12H2,1H3. The van der Waals surface area contributed by atoms with Crippen molar-refractivity contribution in [2.45, 2.75) is 25.8 Å². The van der Waals surface area contributed by atoms with E-state index in [0.717, 1.165) is 36.2 Å². The number of rotatable bonds is 2. The molecule has 106 valence electrons. The van der Waals surface area contributed by atoms with Gasteiger partial charge < -0.3 is 4.74 Å². The van der Waals surface area contributed by atoms with Gasteiger partial charge in [-0.1, -0.05) is 24.6 Å². The molecule has 2 heterocycles. The van der Waals surface area contributed by atoms with Gasteiger partial charge >= 0.3 is 6.09 Å². The number of methoxy groups -OCH3 is 1. The van der Waals surface area contributed by atoms with Gasteiger partial charge in [-0.25, -0.2) is 9.36 Å². The van der Waals surface area contributed by atoms with Gasteiger partial charge in [-0.3, -0.25) is 4.90 Å². The normalized spacial score (nSPS) is 16.4. The number of aromatic nitrogens is 1. The van der Waals surface area contributed by atoms with Crippen LogP contribution in [0.4, 0.5) is 4.79 Å². The molecule has 1 fully saturated rings. The Morgan fingerprint density at radius 1 is 1.20 bits per heavy atom. The molecule has 1 aliphatic heterocycles. The van der Waals surface area contributed by atoms with E-state index in [0.29, 0.717) is 0 Å². The van der Waals surface area contributed by atoms with Crippen molar-refractivity contribution in [2.75, 3.05) is 20.2 Å². The Labute approximate surface area is 118 Å². The minimum Gasteiger partial charge on any atom is -0.452 e. The number of piperidine rings is 1. The van der Waals surface area contributed by atoms with Crippen molar-refractivity contribution in [3.63, 3.8) is 0 Å². The maximum Gasteiger partial charge on any atom is 0.418 e. The van der Waals surface area contributed by atoms with Gasteiger partial charge in [-0.05, 0) is 38.1 Å². The van der Waals surface area contributed by atoms with Crippen LogP contribution in [0, 0.1) is 0 Å². The summed E-state index contributed by atoms with van der Waals surface area (Å²) in [5.74, 6) is 0. The molecule has 2 aromatic rings. The lowest BCUT2D eigenvalue weighted by atomic mass is 10.1. The van der Waals surface area contributed by atoms with E-state index < -0.39 is 0 Å². The molecule has 1 saturated heterocycles. The van der Waals surface area contributed by atoms with E-state index in [-0.39, 0.29) is 6.09 Å². The van der Waals surface area contributed by atoms with Crippen molar-refractivity contribution < 1.29 is 9.53 Å². The first-order chi connectivity index (χ1) is 9.79. The van der Waals surface area contributed by atoms with Crippen molar-refractivity contribution in [3.05, 3.63) is 36.0 Å². The molecule has 20 heavy (non-hydrogen) atoms. The predicted molar refractivity (Wildman–Crippen MR) is 78.9 cm³/mol. The highest BCUT2D eigenvalue weighted by Gasteiger charge is 2.18. The lowest BCUT2D eigenvalue weighted by Crippen LogP contribution is -2.30. The molecule has 0 saturated carbocycles. The number of hydrogen-bond acceptors (Lipinski definition) is 3. The zero-order valence-electron chi connectivity index (χ0n) is 11.8. The van der Waals surface area contributed by atoms with Crippen LogP contribution in [0.25, 0.3) is 10.9 Å². The smallest absolute Gasteiger partial charge is 0.418 e. The Balaban J connectivity index is 1.97. The summed E-state index contributed by atoms with van der Waals surface area (Å²) in [5.41, 5.74) is 1.94. The summed E-state index contributed by atoms with van der Waals surface area (Å²) in [4.78, 5) is 14.5. The van der Waals surface area contributed by atoms with E-state index in [4.69, 9.17) is 4.74 Å². The molecule has 0 amide bonds. The van der Waals surface area contributed by atoms with Gasteiger partial charge in [0.1, 0.15) is 0 Å². The van der Waals surface area contributed by atoms with Crippen molar-refractivity contribution in [2.24, 2.45) is 0 Å². The molecule has 0 unspecified atom stereocenters. The molecule has 3 rings (SSSR count). The number of para-hydroxylation sites is 1. The minimum atomic E-state index is -0.307. The topological polar surface area (TPSA) is 34.5 Å². The number of fused-ring (bicyclic) bond motifs is 1. The van der Waals surface area contributed by atoms with Crippen LogP contribution in [-0.2, 0) is 11.3 Å². The zero-order chi connectivity index (χ0) is 13.9. The minimum absolute atomic E-state index is 0.307. The average Bonchev–Trinajstić information content (AvgIpc) is 2.85. The molecule has 0 bridgehead atoms. The lowest BCUT2D eigenvalue weighted by Gasteiger charge is -2.26. The van der Waals surface area contributed by atoms with E-state index in [2.05, 4.69) is 11.0 Å². The number of benzene rings is 1. The second kappa shape index (κ2) is 5.67. The van der Waals surface area contributed by atoms with Gasteiger partial charge in [-0.2, -0.15) is 0 Å². The molecule has 0 radical (unpaired) electrons. The molecule has 0 spiro atoms. The van der Waals surface area contributed by atoms with Crippen LogP contribution in [-0.4, -0.2) is 35.8 Å². The second-order valence-corrected chi connectivity index (χ2v) is 5.34. The average molecular weight is 272 g/mol. The summed E-state index contributed by atoms with van der Waals surface area (Å²) in [5, 5.41) is 1.09. The molecule has 1 aromatic carbocycles. The highest BCUT2D eigenvalue weighted by molar-refractivity contribution is 5.90. The summed E-state index contributed by atoms with van der Waals surface area (Å²) in [6.45, 7) is 3.04. The van der Waals surface area contributed by atoms with E-state index in [1.54, 1.807) is 4.57 Å². The van der Waals surface area contributed by atoms with Crippen molar-refractivity contribution in [3.8, 4) is 0 Å². The molecule has 0 N–H and O–H groups in total. The fourth-order valence-electron chi connectivity index (χ4n) is 2.98. The molecule has 0 atom stereocenters. The zero-order valence-corrected chi connectivity index (χ0v) is 11.8. The molecule has 0 aliphatic carbocycles. The third-order valence-corrected chi connectivity index (χ3v) is 3.98. The van der Waals surface area contributed by atoms with Crippen LogP contribution < -0.4 is 0 Å². The Bertz CT molecular complexity index is 612. The third kappa shape index (κ3) is 2.43. The Hall–Kier alpha value is -1.81. The van der Waals surface area contributed by atoms with Crippen molar-refractivity contribution in [1.29, 1.82) is 0 Å². The quantitative estimate of drug-likeness (QED) is 0.841.